The fraction of sp³-hybridized carbons (Fsp3) is 0.312. The van der Waals surface area contributed by atoms with Gasteiger partial charge in [-0.2, -0.15) is 0 Å². The van der Waals surface area contributed by atoms with Crippen LogP contribution >= 0.6 is 0 Å². The van der Waals surface area contributed by atoms with E-state index >= 15 is 0 Å². The Kier molecular flexibility index (Phi) is 4.93. The van der Waals surface area contributed by atoms with Gasteiger partial charge in [-0.3, -0.25) is 4.98 Å². The van der Waals surface area contributed by atoms with E-state index in [1.54, 1.807) is 7.11 Å². The maximum atomic E-state index is 5.18. The molecular formula is C16H20N2O. The molecule has 1 N–H and O–H groups in total. The van der Waals surface area contributed by atoms with Gasteiger partial charge in [-0.05, 0) is 49.7 Å². The van der Waals surface area contributed by atoms with E-state index < -0.39 is 0 Å². The van der Waals surface area contributed by atoms with Crippen LogP contribution in [0.1, 0.15) is 23.7 Å². The van der Waals surface area contributed by atoms with Gasteiger partial charge in [0.1, 0.15) is 5.75 Å². The Morgan fingerprint density at radius 3 is 2.53 bits per heavy atom. The summed E-state index contributed by atoms with van der Waals surface area (Å²) in [4.78, 5) is 4.36. The van der Waals surface area contributed by atoms with E-state index in [2.05, 4.69) is 28.5 Å². The molecule has 0 aliphatic rings. The minimum Gasteiger partial charge on any atom is -0.497 e. The third-order valence-corrected chi connectivity index (χ3v) is 3.28. The SMILES string of the molecule is CNC(CCc1ccccn1)c1ccc(OC)cc1. The quantitative estimate of drug-likeness (QED) is 0.862. The number of aryl methyl sites for hydroxylation is 1. The average Bonchev–Trinajstić information content (AvgIpc) is 2.49. The van der Waals surface area contributed by atoms with E-state index in [0.29, 0.717) is 6.04 Å². The van der Waals surface area contributed by atoms with Gasteiger partial charge in [0.05, 0.1) is 7.11 Å². The van der Waals surface area contributed by atoms with E-state index in [-0.39, 0.29) is 0 Å². The van der Waals surface area contributed by atoms with Crippen molar-refractivity contribution >= 4 is 0 Å². The van der Waals surface area contributed by atoms with Gasteiger partial charge in [-0.1, -0.05) is 18.2 Å². The zero-order valence-corrected chi connectivity index (χ0v) is 11.5. The fourth-order valence-electron chi connectivity index (χ4n) is 2.15. The van der Waals surface area contributed by atoms with Gasteiger partial charge in [0.2, 0.25) is 0 Å². The molecule has 1 heterocycles. The van der Waals surface area contributed by atoms with Crippen molar-refractivity contribution in [1.82, 2.24) is 10.3 Å². The molecule has 1 unspecified atom stereocenters. The summed E-state index contributed by atoms with van der Waals surface area (Å²) in [5.41, 5.74) is 2.41. The summed E-state index contributed by atoms with van der Waals surface area (Å²) in [5.74, 6) is 0.892. The van der Waals surface area contributed by atoms with Gasteiger partial charge in [-0.25, -0.2) is 0 Å². The van der Waals surface area contributed by atoms with Crippen LogP contribution in [0, 0.1) is 0 Å². The standard InChI is InChI=1S/C16H20N2O/c1-17-16(11-8-14-5-3-4-12-18-14)13-6-9-15(19-2)10-7-13/h3-7,9-10,12,16-17H,8,11H2,1-2H3. The zero-order valence-electron chi connectivity index (χ0n) is 11.5. The van der Waals surface area contributed by atoms with Crippen molar-refractivity contribution in [2.24, 2.45) is 0 Å². The zero-order chi connectivity index (χ0) is 13.5. The highest BCUT2D eigenvalue weighted by Gasteiger charge is 2.09. The number of hydrogen-bond donors (Lipinski definition) is 1. The summed E-state index contributed by atoms with van der Waals surface area (Å²) in [6.45, 7) is 0. The number of nitrogens with zero attached hydrogens (tertiary/aromatic N) is 1. The fourth-order valence-corrected chi connectivity index (χ4v) is 2.15. The number of ether oxygens (including phenoxy) is 1. The van der Waals surface area contributed by atoms with E-state index in [0.717, 1.165) is 24.3 Å². The van der Waals surface area contributed by atoms with Crippen molar-refractivity contribution in [1.29, 1.82) is 0 Å². The van der Waals surface area contributed by atoms with Crippen LogP contribution in [0.25, 0.3) is 0 Å². The minimum atomic E-state index is 0.341. The van der Waals surface area contributed by atoms with Crippen LogP contribution in [-0.2, 0) is 6.42 Å². The highest BCUT2D eigenvalue weighted by molar-refractivity contribution is 5.29. The molecule has 3 nitrogen and oxygen atoms in total. The number of rotatable bonds is 6. The molecule has 0 aliphatic carbocycles. The summed E-state index contributed by atoms with van der Waals surface area (Å²) in [7, 11) is 3.68. The molecule has 0 aliphatic heterocycles. The van der Waals surface area contributed by atoms with Crippen molar-refractivity contribution in [3.63, 3.8) is 0 Å². The van der Waals surface area contributed by atoms with Gasteiger partial charge in [0, 0.05) is 17.9 Å². The van der Waals surface area contributed by atoms with Gasteiger partial charge in [0.15, 0.2) is 0 Å². The van der Waals surface area contributed by atoms with Crippen LogP contribution in [0.2, 0.25) is 0 Å². The molecule has 1 aromatic carbocycles. The van der Waals surface area contributed by atoms with Crippen LogP contribution in [0.15, 0.2) is 48.7 Å². The van der Waals surface area contributed by atoms with Crippen molar-refractivity contribution in [3.05, 3.63) is 59.9 Å². The first-order valence-electron chi connectivity index (χ1n) is 6.54. The molecular weight excluding hydrogens is 236 g/mol. The summed E-state index contributed by atoms with van der Waals surface area (Å²) in [6.07, 6.45) is 3.84. The third kappa shape index (κ3) is 3.80. The second-order valence-corrected chi connectivity index (χ2v) is 4.47. The minimum absolute atomic E-state index is 0.341. The summed E-state index contributed by atoms with van der Waals surface area (Å²) >= 11 is 0. The summed E-state index contributed by atoms with van der Waals surface area (Å²) in [5, 5.41) is 3.36. The molecule has 0 fully saturated rings. The largest absolute Gasteiger partial charge is 0.497 e. The van der Waals surface area contributed by atoms with Gasteiger partial charge >= 0.3 is 0 Å². The van der Waals surface area contributed by atoms with Crippen molar-refractivity contribution in [2.45, 2.75) is 18.9 Å². The van der Waals surface area contributed by atoms with Crippen LogP contribution in [0.4, 0.5) is 0 Å². The van der Waals surface area contributed by atoms with Crippen LogP contribution < -0.4 is 10.1 Å². The predicted molar refractivity (Wildman–Crippen MR) is 77.4 cm³/mol. The molecule has 19 heavy (non-hydrogen) atoms. The smallest absolute Gasteiger partial charge is 0.118 e. The number of pyridine rings is 1. The molecule has 0 saturated heterocycles. The Morgan fingerprint density at radius 1 is 1.16 bits per heavy atom. The lowest BCUT2D eigenvalue weighted by Crippen LogP contribution is -2.17. The van der Waals surface area contributed by atoms with E-state index in [1.165, 1.54) is 5.56 Å². The summed E-state index contributed by atoms with van der Waals surface area (Å²) in [6, 6.07) is 14.6. The topological polar surface area (TPSA) is 34.2 Å². The Labute approximate surface area is 114 Å². The summed E-state index contributed by atoms with van der Waals surface area (Å²) < 4.78 is 5.18. The molecule has 0 spiro atoms. The molecule has 2 rings (SSSR count). The Morgan fingerprint density at radius 2 is 1.95 bits per heavy atom. The van der Waals surface area contributed by atoms with Crippen molar-refractivity contribution in [3.8, 4) is 5.75 Å². The number of hydrogen-bond acceptors (Lipinski definition) is 3. The first-order chi connectivity index (χ1) is 9.33. The predicted octanol–water partition coefficient (Wildman–Crippen LogP) is 2.98. The highest BCUT2D eigenvalue weighted by atomic mass is 16.5. The number of benzene rings is 1. The van der Waals surface area contributed by atoms with Gasteiger partial charge < -0.3 is 10.1 Å². The molecule has 3 heteroatoms. The average molecular weight is 256 g/mol. The van der Waals surface area contributed by atoms with E-state index in [1.807, 2.05) is 37.5 Å². The van der Waals surface area contributed by atoms with Crippen molar-refractivity contribution < 1.29 is 4.74 Å². The Hall–Kier alpha value is -1.87. The molecule has 0 saturated carbocycles. The molecule has 0 bridgehead atoms. The van der Waals surface area contributed by atoms with E-state index in [4.69, 9.17) is 4.74 Å². The molecule has 0 amide bonds. The lowest BCUT2D eigenvalue weighted by atomic mass is 10.0. The molecule has 100 valence electrons. The Balaban J connectivity index is 1.99. The second-order valence-electron chi connectivity index (χ2n) is 4.47. The van der Waals surface area contributed by atoms with Gasteiger partial charge in [0.25, 0.3) is 0 Å². The van der Waals surface area contributed by atoms with E-state index in [9.17, 15) is 0 Å². The molecule has 1 aromatic heterocycles. The lowest BCUT2D eigenvalue weighted by Gasteiger charge is -2.16. The van der Waals surface area contributed by atoms with Crippen LogP contribution in [0.3, 0.4) is 0 Å². The van der Waals surface area contributed by atoms with Crippen molar-refractivity contribution in [2.75, 3.05) is 14.2 Å². The Bertz CT molecular complexity index is 482. The van der Waals surface area contributed by atoms with Gasteiger partial charge in [-0.15, -0.1) is 0 Å². The molecule has 2 aromatic rings. The third-order valence-electron chi connectivity index (χ3n) is 3.28. The first-order valence-corrected chi connectivity index (χ1v) is 6.54. The number of methoxy groups -OCH3 is 1. The lowest BCUT2D eigenvalue weighted by molar-refractivity contribution is 0.414. The maximum absolute atomic E-state index is 5.18. The maximum Gasteiger partial charge on any atom is 0.118 e. The highest BCUT2D eigenvalue weighted by Crippen LogP contribution is 2.21. The number of aromatic nitrogens is 1. The first kappa shape index (κ1) is 13.6. The van der Waals surface area contributed by atoms with Crippen LogP contribution in [-0.4, -0.2) is 19.1 Å². The molecule has 1 atom stereocenters. The molecule has 0 radical (unpaired) electrons. The van der Waals surface area contributed by atoms with Crippen LogP contribution in [0.5, 0.6) is 5.75 Å². The number of nitrogens with one attached hydrogen (secondary N) is 1. The second kappa shape index (κ2) is 6.90. The normalized spacial score (nSPS) is 12.1. The monoisotopic (exact) mass is 256 g/mol.